The maximum absolute atomic E-state index is 4.22. The summed E-state index contributed by atoms with van der Waals surface area (Å²) in [4.78, 5) is 0. The molecule has 26 valence electrons. The average Bonchev–Trinajstić information content (AvgIpc) is 1.00. The van der Waals surface area contributed by atoms with Gasteiger partial charge in [0.05, 0.1) is 0 Å². The van der Waals surface area contributed by atoms with Crippen LogP contribution in [0.4, 0.5) is 0 Å². The molecule has 0 aromatic rings. The van der Waals surface area contributed by atoms with E-state index in [2.05, 4.69) is 8.65 Å². The number of hydrogen-bond acceptors (Lipinski definition) is 1. The summed E-state index contributed by atoms with van der Waals surface area (Å²) in [5, 5.41) is 0. The first-order chi connectivity index (χ1) is 1.00. The molecule has 4 heteroatoms. The minimum Gasteiger partial charge on any atom is -0.0149 e. The molecule has 0 saturated heterocycles. The van der Waals surface area contributed by atoms with Crippen molar-refractivity contribution in [2.24, 2.45) is 0 Å². The first kappa shape index (κ1) is 16.8. The molecule has 0 heterocycles. The smallest absolute Gasteiger partial charge is 0.0149 e. The summed E-state index contributed by atoms with van der Waals surface area (Å²) in [6, 6.07) is 0. The molecule has 0 rings (SSSR count). The van der Waals surface area contributed by atoms with Crippen molar-refractivity contribution in [3.8, 4) is 0 Å². The monoisotopic (exact) mass is 350 g/mol. The summed E-state index contributed by atoms with van der Waals surface area (Å²) in [5.41, 5.74) is 0. The van der Waals surface area contributed by atoms with E-state index in [4.69, 9.17) is 0 Å². The molecule has 0 unspecified atom stereocenters. The van der Waals surface area contributed by atoms with Crippen molar-refractivity contribution in [1.29, 1.82) is 0 Å². The van der Waals surface area contributed by atoms with E-state index in [1.54, 1.807) is 0 Å². The van der Waals surface area contributed by atoms with Gasteiger partial charge in [-0.2, -0.15) is 0 Å². The Kier molecular flexibility index (Phi) is 86.9. The van der Waals surface area contributed by atoms with Gasteiger partial charge in [-0.3, -0.25) is 0 Å². The van der Waals surface area contributed by atoms with Gasteiger partial charge < -0.3 is 0 Å². The van der Waals surface area contributed by atoms with Gasteiger partial charge in [-0.05, 0) is 11.0 Å². The van der Waals surface area contributed by atoms with Crippen LogP contribution >= 0.6 is 8.65 Å². The van der Waals surface area contributed by atoms with Crippen molar-refractivity contribution in [2.75, 3.05) is 0 Å². The second-order valence-corrected chi connectivity index (χ2v) is 0. The Hall–Kier alpha value is 1.90. The van der Waals surface area contributed by atoms with Crippen LogP contribution in [0.15, 0.2) is 0 Å². The molecule has 0 aromatic carbocycles. The van der Waals surface area contributed by atoms with Gasteiger partial charge in [-0.15, -0.1) is 0 Å². The molecule has 0 aliphatic rings. The Morgan fingerprint density at radius 1 is 1.25 bits per heavy atom. The molecule has 4 heavy (non-hydrogen) atoms. The van der Waals surface area contributed by atoms with E-state index in [1.807, 2.05) is 0 Å². The summed E-state index contributed by atoms with van der Waals surface area (Å²) in [5.74, 6) is 0. The molecule has 0 aliphatic heterocycles. The van der Waals surface area contributed by atoms with Crippen LogP contribution in [-0.4, -0.2) is 52.2 Å². The standard InChI is InChI=1S/GeH4.Pb.S.H4Si/h1H4;;;1H4. The molecule has 0 aromatic heterocycles. The average molecular weight is 348 g/mol. The number of hydrogen-bond donors (Lipinski definition) is 0. The predicted octanol–water partition coefficient (Wildman–Crippen LogP) is -2.64. The van der Waals surface area contributed by atoms with Gasteiger partial charge in [-0.1, -0.05) is 0 Å². The molecular weight excluding hydrogens is 340 g/mol. The molecular formula is H8GePbSSi. The summed E-state index contributed by atoms with van der Waals surface area (Å²) in [7, 11) is 4.22. The zero-order valence-corrected chi connectivity index (χ0v) is 5.61. The first-order valence-corrected chi connectivity index (χ1v) is 5.37. The molecule has 0 amide bonds. The van der Waals surface area contributed by atoms with E-state index >= 15 is 0 Å². The maximum Gasteiger partial charge on any atom is -0.0149 e. The van der Waals surface area contributed by atoms with Crippen molar-refractivity contribution in [3.63, 3.8) is 0 Å². The van der Waals surface area contributed by atoms with Crippen LogP contribution < -0.4 is 0 Å². The fourth-order valence-electron chi connectivity index (χ4n) is 0. The van der Waals surface area contributed by atoms with Crippen molar-refractivity contribution >= 4 is 60.9 Å². The zero-order chi connectivity index (χ0) is 2.00. The molecule has 2 radical (unpaired) electrons. The van der Waals surface area contributed by atoms with Crippen LogP contribution in [0.3, 0.4) is 0 Å². The maximum atomic E-state index is 4.22. The van der Waals surface area contributed by atoms with E-state index in [1.165, 1.54) is 0 Å². The predicted molar refractivity (Wildman–Crippen MR) is 36.0 cm³/mol. The van der Waals surface area contributed by atoms with Crippen LogP contribution in [0.2, 0.25) is 0 Å². The Labute approximate surface area is 60.3 Å². The van der Waals surface area contributed by atoms with Crippen LogP contribution in [0.5, 0.6) is 0 Å². The molecule has 0 aliphatic carbocycles. The normalized spacial score (nSPS) is 1.00. The van der Waals surface area contributed by atoms with Gasteiger partial charge in [0.2, 0.25) is 0 Å². The first-order valence-electron chi connectivity index (χ1n) is 0.204. The van der Waals surface area contributed by atoms with Gasteiger partial charge in [-0.25, -0.2) is 0 Å². The van der Waals surface area contributed by atoms with Crippen LogP contribution in [-0.2, 0) is 0 Å². The van der Waals surface area contributed by atoms with Crippen LogP contribution in [0.25, 0.3) is 0 Å². The van der Waals surface area contributed by atoms with E-state index < -0.39 is 0 Å². The molecule has 0 spiro atoms. The third kappa shape index (κ3) is 9.08. The van der Waals surface area contributed by atoms with Crippen LogP contribution in [0.1, 0.15) is 0 Å². The molecule has 0 bridgehead atoms. The van der Waals surface area contributed by atoms with E-state index in [0.29, 0.717) is 0 Å². The largest absolute Gasteiger partial charge is 0.0149 e. The zero-order valence-electron chi connectivity index (χ0n) is 0.908. The summed E-state index contributed by atoms with van der Waals surface area (Å²) < 4.78 is 0. The van der Waals surface area contributed by atoms with Gasteiger partial charge in [0.25, 0.3) is 0 Å². The number of rotatable bonds is 0. The van der Waals surface area contributed by atoms with E-state index in [0.717, 1.165) is 23.7 Å². The summed E-state index contributed by atoms with van der Waals surface area (Å²) in [6.45, 7) is 0. The van der Waals surface area contributed by atoms with E-state index in [-0.39, 0.29) is 28.6 Å². The molecule has 0 N–H and O–H groups in total. The molecule has 0 nitrogen and oxygen atoms in total. The fraction of sp³-hybridized carbons (Fsp3) is 0. The quantitative estimate of drug-likeness (QED) is 0.432. The summed E-state index contributed by atoms with van der Waals surface area (Å²) >= 11 is 0.889. The van der Waals surface area contributed by atoms with Gasteiger partial charge in [0.1, 0.15) is 0 Å². The summed E-state index contributed by atoms with van der Waals surface area (Å²) in [6.07, 6.45) is 0. The Morgan fingerprint density at radius 3 is 1.25 bits per heavy atom. The third-order valence-corrected chi connectivity index (χ3v) is 0. The minimum atomic E-state index is 0. The van der Waals surface area contributed by atoms with Crippen molar-refractivity contribution in [2.45, 2.75) is 0 Å². The second kappa shape index (κ2) is 20.6. The topological polar surface area (TPSA) is 0 Å². The fourth-order valence-corrected chi connectivity index (χ4v) is 0. The van der Waals surface area contributed by atoms with Crippen LogP contribution in [0, 0.1) is 0 Å². The van der Waals surface area contributed by atoms with Gasteiger partial charge >= 0.3 is 49.9 Å². The second-order valence-electron chi connectivity index (χ2n) is 0. The Morgan fingerprint density at radius 2 is 1.25 bits per heavy atom. The third-order valence-electron chi connectivity index (χ3n) is 0. The molecule has 0 fully saturated rings. The molecule has 0 atom stereocenters. The minimum absolute atomic E-state index is 0. The SMILES string of the molecule is [GeH4].[S]=[Pb].[SiH4]. The van der Waals surface area contributed by atoms with Crippen molar-refractivity contribution < 1.29 is 0 Å². The Balaban J connectivity index is -0.00000000500. The van der Waals surface area contributed by atoms with Gasteiger partial charge in [0, 0.05) is 0 Å². The molecule has 0 saturated carbocycles. The van der Waals surface area contributed by atoms with Crippen molar-refractivity contribution in [1.82, 2.24) is 0 Å². The van der Waals surface area contributed by atoms with Gasteiger partial charge in [0.15, 0.2) is 0 Å². The Bertz CT molecular complexity index is 8.00. The van der Waals surface area contributed by atoms with Crippen molar-refractivity contribution in [3.05, 3.63) is 0 Å². The van der Waals surface area contributed by atoms with E-state index in [9.17, 15) is 0 Å².